The van der Waals surface area contributed by atoms with Crippen LogP contribution in [0.25, 0.3) is 5.69 Å². The second kappa shape index (κ2) is 5.38. The number of carboxylic acids is 1. The van der Waals surface area contributed by atoms with Crippen molar-refractivity contribution in [3.05, 3.63) is 62.2 Å². The zero-order valence-corrected chi connectivity index (χ0v) is 11.4. The van der Waals surface area contributed by atoms with Crippen molar-refractivity contribution >= 4 is 5.97 Å². The summed E-state index contributed by atoms with van der Waals surface area (Å²) < 4.78 is 51.9. The van der Waals surface area contributed by atoms with Gasteiger partial charge in [0, 0.05) is 13.1 Å². The molecule has 0 aliphatic heterocycles. The summed E-state index contributed by atoms with van der Waals surface area (Å²) in [7, 11) is 0.765. The molecule has 1 heterocycles. The third kappa shape index (κ3) is 2.87. The van der Waals surface area contributed by atoms with E-state index in [2.05, 4.69) is 0 Å². The van der Waals surface area contributed by atoms with Crippen LogP contribution in [0.2, 0.25) is 0 Å². The largest absolute Gasteiger partial charge is 0.478 e. The lowest BCUT2D eigenvalue weighted by atomic mass is 10.1. The van der Waals surface area contributed by atoms with Gasteiger partial charge in [-0.05, 0) is 18.2 Å². The van der Waals surface area contributed by atoms with Gasteiger partial charge >= 0.3 is 17.8 Å². The lowest BCUT2D eigenvalue weighted by Gasteiger charge is -2.15. The number of rotatable bonds is 2. The molecule has 1 N–H and O–H groups in total. The van der Waals surface area contributed by atoms with Crippen LogP contribution in [0.1, 0.15) is 16.1 Å². The molecule has 0 atom stereocenters. The number of halogens is 4. The Bertz CT molecular complexity index is 912. The van der Waals surface area contributed by atoms with Crippen molar-refractivity contribution in [3.63, 3.8) is 0 Å². The molecule has 0 aliphatic rings. The normalized spacial score (nSPS) is 11.5. The highest BCUT2D eigenvalue weighted by Gasteiger charge is 2.35. The van der Waals surface area contributed by atoms with Crippen molar-refractivity contribution in [2.24, 2.45) is 7.05 Å². The van der Waals surface area contributed by atoms with Crippen LogP contribution in [0.4, 0.5) is 17.6 Å². The van der Waals surface area contributed by atoms with Gasteiger partial charge in [0.15, 0.2) is 0 Å². The molecule has 0 bridgehead atoms. The number of aromatic nitrogens is 2. The number of nitrogens with zero attached hydrogens (tertiary/aromatic N) is 2. The maximum Gasteiger partial charge on any atom is 0.431 e. The highest BCUT2D eigenvalue weighted by atomic mass is 19.4. The number of hydrogen-bond donors (Lipinski definition) is 1. The number of aromatic carboxylic acids is 1. The van der Waals surface area contributed by atoms with Gasteiger partial charge in [-0.3, -0.25) is 9.36 Å². The van der Waals surface area contributed by atoms with Crippen LogP contribution in [0.3, 0.4) is 0 Å². The quantitative estimate of drug-likeness (QED) is 0.843. The maximum absolute atomic E-state index is 13.3. The number of alkyl halides is 3. The van der Waals surface area contributed by atoms with Crippen LogP contribution >= 0.6 is 0 Å². The fourth-order valence-corrected chi connectivity index (χ4v) is 1.99. The standard InChI is InChI=1S/C13H8F4N2O4/c1-18-9(13(15,16)17)5-10(20)19(12(18)23)8-4-6(14)2-3-7(8)11(21)22/h2-5H,1H3,(H,21,22). The molecule has 10 heteroatoms. The molecule has 1 aromatic heterocycles. The van der Waals surface area contributed by atoms with Crippen LogP contribution in [0, 0.1) is 5.82 Å². The number of benzene rings is 1. The van der Waals surface area contributed by atoms with Gasteiger partial charge in [0.25, 0.3) is 5.56 Å². The molecular weight excluding hydrogens is 324 g/mol. The van der Waals surface area contributed by atoms with Crippen LogP contribution < -0.4 is 11.2 Å². The average Bonchev–Trinajstić information content (AvgIpc) is 2.41. The molecular formula is C13H8F4N2O4. The van der Waals surface area contributed by atoms with Crippen LogP contribution in [0.5, 0.6) is 0 Å². The minimum Gasteiger partial charge on any atom is -0.478 e. The molecule has 0 saturated heterocycles. The first-order chi connectivity index (χ1) is 10.5. The van der Waals surface area contributed by atoms with Gasteiger partial charge in [0.2, 0.25) is 0 Å². The summed E-state index contributed by atoms with van der Waals surface area (Å²) in [4.78, 5) is 35.0. The lowest BCUT2D eigenvalue weighted by molar-refractivity contribution is -0.144. The summed E-state index contributed by atoms with van der Waals surface area (Å²) >= 11 is 0. The van der Waals surface area contributed by atoms with Crippen molar-refractivity contribution < 1.29 is 27.5 Å². The smallest absolute Gasteiger partial charge is 0.431 e. The molecule has 6 nitrogen and oxygen atoms in total. The van der Waals surface area contributed by atoms with E-state index in [9.17, 15) is 31.9 Å². The SMILES string of the molecule is Cn1c(C(F)(F)F)cc(=O)n(-c2cc(F)ccc2C(=O)O)c1=O. The van der Waals surface area contributed by atoms with E-state index in [-0.39, 0.29) is 15.2 Å². The molecule has 1 aromatic carbocycles. The Labute approximate surface area is 124 Å². The predicted molar refractivity (Wildman–Crippen MR) is 69.2 cm³/mol. The maximum atomic E-state index is 13.3. The first-order valence-electron chi connectivity index (χ1n) is 5.97. The number of carboxylic acid groups (broad SMARTS) is 1. The van der Waals surface area contributed by atoms with Gasteiger partial charge in [-0.2, -0.15) is 13.2 Å². The summed E-state index contributed by atoms with van der Waals surface area (Å²) in [5.74, 6) is -2.53. The van der Waals surface area contributed by atoms with E-state index in [1.54, 1.807) is 0 Å². The molecule has 0 spiro atoms. The molecule has 0 fully saturated rings. The Balaban J connectivity index is 2.90. The molecule has 0 aliphatic carbocycles. The summed E-state index contributed by atoms with van der Waals surface area (Å²) in [6.45, 7) is 0. The van der Waals surface area contributed by atoms with Crippen LogP contribution in [0.15, 0.2) is 33.9 Å². The van der Waals surface area contributed by atoms with Crippen LogP contribution in [-0.4, -0.2) is 20.2 Å². The second-order valence-corrected chi connectivity index (χ2v) is 4.51. The van der Waals surface area contributed by atoms with E-state index < -0.39 is 46.2 Å². The van der Waals surface area contributed by atoms with E-state index in [0.717, 1.165) is 19.2 Å². The van der Waals surface area contributed by atoms with Gasteiger partial charge in [-0.1, -0.05) is 0 Å². The highest BCUT2D eigenvalue weighted by Crippen LogP contribution is 2.27. The Morgan fingerprint density at radius 1 is 1.17 bits per heavy atom. The van der Waals surface area contributed by atoms with Crippen molar-refractivity contribution in [1.82, 2.24) is 9.13 Å². The van der Waals surface area contributed by atoms with Gasteiger partial charge in [0.05, 0.1) is 11.3 Å². The Morgan fingerprint density at radius 3 is 2.30 bits per heavy atom. The molecule has 122 valence electrons. The molecule has 0 saturated carbocycles. The minimum absolute atomic E-state index is 0.137. The molecule has 0 amide bonds. The summed E-state index contributed by atoms with van der Waals surface area (Å²) in [5.41, 5.74) is -5.63. The minimum atomic E-state index is -4.95. The van der Waals surface area contributed by atoms with Gasteiger partial charge < -0.3 is 5.11 Å². The van der Waals surface area contributed by atoms with E-state index in [4.69, 9.17) is 5.11 Å². The second-order valence-electron chi connectivity index (χ2n) is 4.51. The first-order valence-corrected chi connectivity index (χ1v) is 5.97. The molecule has 2 aromatic rings. The third-order valence-corrected chi connectivity index (χ3v) is 3.04. The van der Waals surface area contributed by atoms with Crippen molar-refractivity contribution in [3.8, 4) is 5.69 Å². The summed E-state index contributed by atoms with van der Waals surface area (Å²) in [6, 6.07) is 2.31. The topological polar surface area (TPSA) is 81.3 Å². The Morgan fingerprint density at radius 2 is 1.78 bits per heavy atom. The van der Waals surface area contributed by atoms with Crippen molar-refractivity contribution in [2.45, 2.75) is 6.18 Å². The fourth-order valence-electron chi connectivity index (χ4n) is 1.99. The van der Waals surface area contributed by atoms with E-state index in [1.807, 2.05) is 0 Å². The van der Waals surface area contributed by atoms with E-state index in [1.165, 1.54) is 0 Å². The van der Waals surface area contributed by atoms with Crippen molar-refractivity contribution in [2.75, 3.05) is 0 Å². The Kier molecular flexibility index (Phi) is 3.85. The monoisotopic (exact) mass is 332 g/mol. The Hall–Kier alpha value is -2.91. The molecule has 0 unspecified atom stereocenters. The third-order valence-electron chi connectivity index (χ3n) is 3.04. The number of hydrogen-bond acceptors (Lipinski definition) is 3. The van der Waals surface area contributed by atoms with Gasteiger partial charge in [0.1, 0.15) is 11.5 Å². The zero-order valence-electron chi connectivity index (χ0n) is 11.4. The zero-order chi connectivity index (χ0) is 17.5. The summed E-state index contributed by atoms with van der Waals surface area (Å²) in [6.07, 6.45) is -4.95. The first kappa shape index (κ1) is 16.5. The molecule has 2 rings (SSSR count). The lowest BCUT2D eigenvalue weighted by Crippen LogP contribution is -2.41. The summed E-state index contributed by atoms with van der Waals surface area (Å²) in [5, 5.41) is 9.03. The predicted octanol–water partition coefficient (Wildman–Crippen LogP) is 1.39. The average molecular weight is 332 g/mol. The van der Waals surface area contributed by atoms with Gasteiger partial charge in [-0.25, -0.2) is 18.5 Å². The highest BCUT2D eigenvalue weighted by molar-refractivity contribution is 5.91. The fraction of sp³-hybridized carbons (Fsp3) is 0.154. The van der Waals surface area contributed by atoms with E-state index >= 15 is 0 Å². The van der Waals surface area contributed by atoms with Crippen LogP contribution in [-0.2, 0) is 13.2 Å². The van der Waals surface area contributed by atoms with E-state index in [0.29, 0.717) is 6.07 Å². The molecule has 0 radical (unpaired) electrons. The molecule has 23 heavy (non-hydrogen) atoms. The number of carbonyl (C=O) groups is 1. The van der Waals surface area contributed by atoms with Crippen molar-refractivity contribution in [1.29, 1.82) is 0 Å². The van der Waals surface area contributed by atoms with Gasteiger partial charge in [-0.15, -0.1) is 0 Å².